The molecular weight excluding hydrogens is 430 g/mol. The molecule has 0 atom stereocenters. The minimum atomic E-state index is -0.502. The Morgan fingerprint density at radius 3 is 2.65 bits per heavy atom. The van der Waals surface area contributed by atoms with E-state index >= 15 is 0 Å². The molecule has 0 fully saturated rings. The van der Waals surface area contributed by atoms with E-state index in [-0.39, 0.29) is 5.91 Å². The van der Waals surface area contributed by atoms with Gasteiger partial charge in [-0.3, -0.25) is 4.79 Å². The molecule has 166 valence electrons. The van der Waals surface area contributed by atoms with Crippen LogP contribution in [0.15, 0.2) is 48.5 Å². The zero-order valence-electron chi connectivity index (χ0n) is 18.2. The van der Waals surface area contributed by atoms with E-state index in [2.05, 4.69) is 24.4 Å². The van der Waals surface area contributed by atoms with Crippen molar-refractivity contribution in [3.05, 3.63) is 70.3 Å². The van der Waals surface area contributed by atoms with Crippen molar-refractivity contribution >= 4 is 47.0 Å². The van der Waals surface area contributed by atoms with Crippen LogP contribution in [-0.4, -0.2) is 30.5 Å². The molecule has 2 aromatic rings. The summed E-state index contributed by atoms with van der Waals surface area (Å²) in [6.07, 6.45) is 8.93. The van der Waals surface area contributed by atoms with Gasteiger partial charge in [0.05, 0.1) is 24.1 Å². The van der Waals surface area contributed by atoms with E-state index in [1.165, 1.54) is 12.7 Å². The number of anilines is 1. The van der Waals surface area contributed by atoms with Gasteiger partial charge in [0.2, 0.25) is 5.91 Å². The molecular formula is C25H30ClNO3S. The van der Waals surface area contributed by atoms with E-state index in [0.29, 0.717) is 27.6 Å². The molecule has 0 aromatic heterocycles. The van der Waals surface area contributed by atoms with Gasteiger partial charge in [0.25, 0.3) is 0 Å². The lowest BCUT2D eigenvalue weighted by Crippen LogP contribution is -2.18. The minimum Gasteiger partial charge on any atom is -0.465 e. The van der Waals surface area contributed by atoms with E-state index in [1.54, 1.807) is 23.9 Å². The molecule has 1 amide bonds. The van der Waals surface area contributed by atoms with Crippen molar-refractivity contribution in [2.45, 2.75) is 39.0 Å². The molecule has 0 aliphatic heterocycles. The van der Waals surface area contributed by atoms with Crippen molar-refractivity contribution in [1.29, 1.82) is 0 Å². The molecule has 0 radical (unpaired) electrons. The average Bonchev–Trinajstić information content (AvgIpc) is 2.76. The summed E-state index contributed by atoms with van der Waals surface area (Å²) in [7, 11) is 1.33. The fourth-order valence-corrected chi connectivity index (χ4v) is 4.07. The Balaban J connectivity index is 1.98. The third kappa shape index (κ3) is 8.80. The Bertz CT molecular complexity index is 884. The van der Waals surface area contributed by atoms with Gasteiger partial charge < -0.3 is 10.1 Å². The zero-order valence-corrected chi connectivity index (χ0v) is 19.7. The molecule has 0 unspecified atom stereocenters. The van der Waals surface area contributed by atoms with Crippen molar-refractivity contribution in [2.24, 2.45) is 0 Å². The number of unbranched alkanes of at least 4 members (excludes halogenated alkanes) is 2. The summed E-state index contributed by atoms with van der Waals surface area (Å²) in [6, 6.07) is 13.6. The van der Waals surface area contributed by atoms with E-state index in [0.717, 1.165) is 37.9 Å². The fraction of sp³-hybridized carbons (Fsp3) is 0.360. The number of hydrogen-bond acceptors (Lipinski definition) is 4. The van der Waals surface area contributed by atoms with E-state index in [4.69, 9.17) is 16.3 Å². The molecule has 0 aliphatic rings. The Morgan fingerprint density at radius 2 is 1.94 bits per heavy atom. The number of carbonyl (C=O) groups is 2. The number of amides is 1. The molecule has 0 saturated carbocycles. The molecule has 31 heavy (non-hydrogen) atoms. The van der Waals surface area contributed by atoms with Gasteiger partial charge in [-0.05, 0) is 48.3 Å². The molecule has 2 aromatic carbocycles. The quantitative estimate of drug-likeness (QED) is 0.285. The lowest BCUT2D eigenvalue weighted by molar-refractivity contribution is -0.113. The van der Waals surface area contributed by atoms with Crippen LogP contribution in [0.2, 0.25) is 5.02 Å². The summed E-state index contributed by atoms with van der Waals surface area (Å²) >= 11 is 7.83. The van der Waals surface area contributed by atoms with Crippen LogP contribution < -0.4 is 5.32 Å². The fourth-order valence-electron chi connectivity index (χ4n) is 3.09. The molecule has 6 heteroatoms. The predicted molar refractivity (Wildman–Crippen MR) is 132 cm³/mol. The van der Waals surface area contributed by atoms with E-state index in [9.17, 15) is 9.59 Å². The summed E-state index contributed by atoms with van der Waals surface area (Å²) in [4.78, 5) is 24.9. The first-order valence-corrected chi connectivity index (χ1v) is 12.1. The molecule has 0 spiro atoms. The number of methoxy groups -OCH3 is 1. The number of halogens is 1. The number of hydrogen-bond donors (Lipinski definition) is 1. The zero-order chi connectivity index (χ0) is 22.5. The summed E-state index contributed by atoms with van der Waals surface area (Å²) in [5.74, 6) is 0.521. The highest BCUT2D eigenvalue weighted by atomic mass is 35.5. The van der Waals surface area contributed by atoms with Crippen molar-refractivity contribution < 1.29 is 14.3 Å². The number of rotatable bonds is 12. The number of benzene rings is 2. The molecule has 0 bridgehead atoms. The number of nitrogens with one attached hydrogen (secondary N) is 1. The lowest BCUT2D eigenvalue weighted by atomic mass is 10.0. The van der Waals surface area contributed by atoms with Crippen LogP contribution in [0.25, 0.3) is 6.08 Å². The second kappa shape index (κ2) is 13.9. The number of carbonyl (C=O) groups excluding carboxylic acids is 2. The van der Waals surface area contributed by atoms with Gasteiger partial charge in [-0.15, -0.1) is 0 Å². The van der Waals surface area contributed by atoms with Crippen LogP contribution in [0.3, 0.4) is 0 Å². The van der Waals surface area contributed by atoms with Crippen LogP contribution >= 0.6 is 23.4 Å². The van der Waals surface area contributed by atoms with Gasteiger partial charge in [-0.1, -0.05) is 73.9 Å². The van der Waals surface area contributed by atoms with Crippen LogP contribution in [-0.2, 0) is 16.0 Å². The highest BCUT2D eigenvalue weighted by Gasteiger charge is 2.19. The maximum atomic E-state index is 12.5. The topological polar surface area (TPSA) is 55.4 Å². The van der Waals surface area contributed by atoms with Gasteiger partial charge in [-0.2, -0.15) is 11.8 Å². The third-order valence-electron chi connectivity index (χ3n) is 4.65. The van der Waals surface area contributed by atoms with Crippen molar-refractivity contribution in [1.82, 2.24) is 0 Å². The van der Waals surface area contributed by atoms with Crippen LogP contribution in [0.5, 0.6) is 0 Å². The maximum absolute atomic E-state index is 12.5. The molecule has 0 heterocycles. The van der Waals surface area contributed by atoms with Crippen LogP contribution in [0.1, 0.15) is 54.1 Å². The normalized spacial score (nSPS) is 10.9. The SMILES string of the molecule is CCCC/C=C/c1cc(Cl)cc(NC(=O)CSCCCc2ccccc2)c1C(=O)OC. The number of aryl methyl sites for hydroxylation is 1. The van der Waals surface area contributed by atoms with Gasteiger partial charge in [0.1, 0.15) is 0 Å². The van der Waals surface area contributed by atoms with E-state index < -0.39 is 5.97 Å². The Kier molecular flexibility index (Phi) is 11.3. The maximum Gasteiger partial charge on any atom is 0.340 e. The number of ether oxygens (including phenoxy) is 1. The standard InChI is InChI=1S/C25H30ClNO3S/c1-3-4-5-9-14-20-16-21(26)17-22(24(20)25(29)30-2)27-23(28)18-31-15-10-13-19-11-7-6-8-12-19/h6-9,11-12,14,16-17H,3-5,10,13,15,18H2,1-2H3,(H,27,28)/b14-9+. The Labute approximate surface area is 194 Å². The van der Waals surface area contributed by atoms with Gasteiger partial charge >= 0.3 is 5.97 Å². The monoisotopic (exact) mass is 459 g/mol. The van der Waals surface area contributed by atoms with E-state index in [1.807, 2.05) is 30.4 Å². The lowest BCUT2D eigenvalue weighted by Gasteiger charge is -2.13. The number of allylic oxidation sites excluding steroid dienone is 1. The summed E-state index contributed by atoms with van der Waals surface area (Å²) < 4.78 is 4.95. The minimum absolute atomic E-state index is 0.168. The predicted octanol–water partition coefficient (Wildman–Crippen LogP) is 6.63. The number of thioether (sulfide) groups is 1. The first-order chi connectivity index (χ1) is 15.0. The van der Waals surface area contributed by atoms with Gasteiger partial charge in [-0.25, -0.2) is 4.79 Å². The first kappa shape index (κ1) is 25.0. The molecule has 4 nitrogen and oxygen atoms in total. The highest BCUT2D eigenvalue weighted by Crippen LogP contribution is 2.28. The first-order valence-electron chi connectivity index (χ1n) is 10.5. The molecule has 0 saturated heterocycles. The van der Waals surface area contributed by atoms with Gasteiger partial charge in [0.15, 0.2) is 0 Å². The van der Waals surface area contributed by atoms with Crippen molar-refractivity contribution in [3.63, 3.8) is 0 Å². The third-order valence-corrected chi connectivity index (χ3v) is 5.91. The largest absolute Gasteiger partial charge is 0.465 e. The molecule has 2 rings (SSSR count). The van der Waals surface area contributed by atoms with Crippen LogP contribution in [0.4, 0.5) is 5.69 Å². The van der Waals surface area contributed by atoms with Crippen molar-refractivity contribution in [2.75, 3.05) is 23.9 Å². The van der Waals surface area contributed by atoms with Crippen LogP contribution in [0, 0.1) is 0 Å². The van der Waals surface area contributed by atoms with Crippen molar-refractivity contribution in [3.8, 4) is 0 Å². The second-order valence-electron chi connectivity index (χ2n) is 7.14. The summed E-state index contributed by atoms with van der Waals surface area (Å²) in [6.45, 7) is 2.13. The smallest absolute Gasteiger partial charge is 0.340 e. The highest BCUT2D eigenvalue weighted by molar-refractivity contribution is 7.99. The molecule has 0 aliphatic carbocycles. The summed E-state index contributed by atoms with van der Waals surface area (Å²) in [5.41, 5.74) is 2.64. The summed E-state index contributed by atoms with van der Waals surface area (Å²) in [5, 5.41) is 3.29. The second-order valence-corrected chi connectivity index (χ2v) is 8.69. The Morgan fingerprint density at radius 1 is 1.16 bits per heavy atom. The van der Waals surface area contributed by atoms with Gasteiger partial charge in [0, 0.05) is 5.02 Å². The Hall–Kier alpha value is -2.24. The average molecular weight is 460 g/mol. The number of esters is 1. The molecule has 1 N–H and O–H groups in total.